The van der Waals surface area contributed by atoms with Gasteiger partial charge in [0.25, 0.3) is 12.3 Å². The average Bonchev–Trinajstić information content (AvgIpc) is 3.34. The molecule has 0 spiro atoms. The van der Waals surface area contributed by atoms with Gasteiger partial charge in [-0.05, 0) is 43.5 Å². The number of nitrogen functional groups attached to an aromatic ring is 1. The number of amides is 1. The van der Waals surface area contributed by atoms with Crippen molar-refractivity contribution in [3.8, 4) is 12.8 Å². The van der Waals surface area contributed by atoms with Crippen molar-refractivity contribution in [1.29, 1.82) is 0 Å². The van der Waals surface area contributed by atoms with Crippen molar-refractivity contribution in [1.82, 2.24) is 24.5 Å². The Bertz CT molecular complexity index is 1450. The Labute approximate surface area is 216 Å². The molecule has 2 atom stereocenters. The van der Waals surface area contributed by atoms with Gasteiger partial charge in [0.05, 0.1) is 11.4 Å². The first-order valence-corrected chi connectivity index (χ1v) is 11.6. The molecule has 0 aliphatic carbocycles. The van der Waals surface area contributed by atoms with Gasteiger partial charge in [-0.3, -0.25) is 4.79 Å². The summed E-state index contributed by atoms with van der Waals surface area (Å²) >= 11 is 0. The topological polar surface area (TPSA) is 115 Å². The second kappa shape index (κ2) is 11.9. The Morgan fingerprint density at radius 3 is 2.42 bits per heavy atom. The van der Waals surface area contributed by atoms with Crippen LogP contribution < -0.4 is 11.5 Å². The van der Waals surface area contributed by atoms with E-state index in [4.69, 9.17) is 11.5 Å². The maximum Gasteiger partial charge on any atom is 0.257 e. The van der Waals surface area contributed by atoms with Crippen LogP contribution in [0.1, 0.15) is 47.6 Å². The van der Waals surface area contributed by atoms with Gasteiger partial charge in [-0.25, -0.2) is 27.5 Å². The van der Waals surface area contributed by atoms with E-state index >= 15 is 0 Å². The molecule has 0 radical (unpaired) electrons. The molecule has 4 rings (SSSR count). The molecular weight excluding hydrogens is 502 g/mol. The number of nitrogens with two attached hydrogens (primary N) is 2. The molecule has 200 valence electrons. The van der Waals surface area contributed by atoms with E-state index in [0.717, 1.165) is 12.1 Å². The van der Waals surface area contributed by atoms with Gasteiger partial charge in [0.15, 0.2) is 17.3 Å². The smallest absolute Gasteiger partial charge is 0.257 e. The predicted molar refractivity (Wildman–Crippen MR) is 136 cm³/mol. The molecule has 1 amide bonds. The van der Waals surface area contributed by atoms with Crippen molar-refractivity contribution in [2.24, 2.45) is 5.73 Å². The van der Waals surface area contributed by atoms with Gasteiger partial charge in [-0.2, -0.15) is 4.52 Å². The summed E-state index contributed by atoms with van der Waals surface area (Å²) in [6.07, 6.45) is 6.98. The lowest BCUT2D eigenvalue weighted by Crippen LogP contribution is -2.35. The van der Waals surface area contributed by atoms with E-state index in [-0.39, 0.29) is 40.0 Å². The number of nitrogens with zero attached hydrogens (tertiary/aromatic N) is 5. The first kappa shape index (κ1) is 28.3. The molecule has 4 N–H and O–H groups in total. The largest absolute Gasteiger partial charge is 0.368 e. The van der Waals surface area contributed by atoms with E-state index in [2.05, 4.69) is 27.9 Å². The van der Waals surface area contributed by atoms with Crippen molar-refractivity contribution in [2.75, 3.05) is 12.8 Å². The molecule has 0 aliphatic rings. The number of fused-ring (bicyclic) bond motifs is 3. The number of aryl methyl sites for hydroxylation is 1. The molecule has 0 fully saturated rings. The molecule has 4 aromatic rings. The molecule has 38 heavy (non-hydrogen) atoms. The third kappa shape index (κ3) is 5.84. The quantitative estimate of drug-likeness (QED) is 0.262. The summed E-state index contributed by atoms with van der Waals surface area (Å²) in [5.41, 5.74) is 12.1. The minimum atomic E-state index is -2.69. The minimum absolute atomic E-state index is 0.0685. The van der Waals surface area contributed by atoms with Crippen LogP contribution in [0.3, 0.4) is 0 Å². The Balaban J connectivity index is 0.00000195. The summed E-state index contributed by atoms with van der Waals surface area (Å²) < 4.78 is 54.7. The highest BCUT2D eigenvalue weighted by Crippen LogP contribution is 2.24. The fraction of sp³-hybridized carbons (Fsp3) is 0.308. The number of hydrogen-bond donors (Lipinski definition) is 2. The van der Waals surface area contributed by atoms with Crippen LogP contribution in [0.15, 0.2) is 36.4 Å². The Morgan fingerprint density at radius 2 is 1.79 bits per heavy atom. The van der Waals surface area contributed by atoms with E-state index < -0.39 is 24.1 Å². The van der Waals surface area contributed by atoms with Crippen molar-refractivity contribution < 1.29 is 22.4 Å². The van der Waals surface area contributed by atoms with Gasteiger partial charge in [0.2, 0.25) is 5.95 Å². The van der Waals surface area contributed by atoms with E-state index in [1.807, 2.05) is 6.92 Å². The molecule has 0 saturated carbocycles. The summed E-state index contributed by atoms with van der Waals surface area (Å²) in [5, 5.41) is 4.48. The van der Waals surface area contributed by atoms with Gasteiger partial charge in [-0.1, -0.05) is 12.1 Å². The monoisotopic (exact) mass is 529 g/mol. The molecular formula is C26H27F4N7O. The van der Waals surface area contributed by atoms with Gasteiger partial charge in [-0.15, -0.1) is 17.9 Å². The van der Waals surface area contributed by atoms with Crippen molar-refractivity contribution in [2.45, 2.75) is 44.7 Å². The maximum absolute atomic E-state index is 14.1. The Hall–Kier alpha value is -4.24. The normalized spacial score (nSPS) is 12.8. The Morgan fingerprint density at radius 1 is 1.13 bits per heavy atom. The maximum atomic E-state index is 14.1. The fourth-order valence-electron chi connectivity index (χ4n) is 3.95. The molecule has 12 heteroatoms. The lowest BCUT2D eigenvalue weighted by molar-refractivity contribution is 0.0735. The number of terminal acetylenes is 1. The van der Waals surface area contributed by atoms with Gasteiger partial charge in [0.1, 0.15) is 11.3 Å². The number of halogens is 4. The van der Waals surface area contributed by atoms with E-state index in [1.165, 1.54) is 28.8 Å². The van der Waals surface area contributed by atoms with Gasteiger partial charge >= 0.3 is 0 Å². The first-order valence-electron chi connectivity index (χ1n) is 11.6. The summed E-state index contributed by atoms with van der Waals surface area (Å²) in [6, 6.07) is 6.15. The summed E-state index contributed by atoms with van der Waals surface area (Å²) in [5.74, 6) is -1.49. The van der Waals surface area contributed by atoms with Crippen LogP contribution in [0.5, 0.6) is 0 Å². The number of alkyl halides is 2. The van der Waals surface area contributed by atoms with E-state index in [0.29, 0.717) is 30.7 Å². The lowest BCUT2D eigenvalue weighted by Gasteiger charge is -2.25. The second-order valence-electron chi connectivity index (χ2n) is 8.66. The van der Waals surface area contributed by atoms with Crippen LogP contribution in [-0.2, 0) is 6.42 Å². The highest BCUT2D eigenvalue weighted by molar-refractivity contribution is 5.94. The van der Waals surface area contributed by atoms with E-state index in [9.17, 15) is 22.4 Å². The SMILES string of the molecule is C#C.C[C@@H](CCCc1nc2c3cc(F)cc(F)c3nc(N)n2n1)N(C)C(=O)c1ccc(C(N)C(F)F)cc1. The Kier molecular flexibility index (Phi) is 8.85. The van der Waals surface area contributed by atoms with Crippen LogP contribution in [0.25, 0.3) is 16.6 Å². The van der Waals surface area contributed by atoms with Crippen molar-refractivity contribution in [3.05, 3.63) is 65.0 Å². The summed E-state index contributed by atoms with van der Waals surface area (Å²) in [4.78, 5) is 22.7. The zero-order chi connectivity index (χ0) is 28.1. The van der Waals surface area contributed by atoms with Crippen LogP contribution in [0, 0.1) is 24.5 Å². The lowest BCUT2D eigenvalue weighted by atomic mass is 10.0. The second-order valence-corrected chi connectivity index (χ2v) is 8.66. The predicted octanol–water partition coefficient (Wildman–Crippen LogP) is 4.14. The number of hydrogen-bond acceptors (Lipinski definition) is 6. The van der Waals surface area contributed by atoms with Crippen LogP contribution in [-0.4, -0.2) is 49.9 Å². The number of carbonyl (C=O) groups excluding carboxylic acids is 1. The van der Waals surface area contributed by atoms with Crippen LogP contribution >= 0.6 is 0 Å². The van der Waals surface area contributed by atoms with Crippen LogP contribution in [0.4, 0.5) is 23.5 Å². The zero-order valence-corrected chi connectivity index (χ0v) is 20.8. The van der Waals surface area contributed by atoms with E-state index in [1.54, 1.807) is 11.9 Å². The molecule has 2 heterocycles. The van der Waals surface area contributed by atoms with Crippen LogP contribution in [0.2, 0.25) is 0 Å². The van der Waals surface area contributed by atoms with Gasteiger partial charge < -0.3 is 16.4 Å². The highest BCUT2D eigenvalue weighted by Gasteiger charge is 2.21. The standard InChI is InChI=1S/C24H25F4N7O.C2H2/c1-12(34(2)23(36)14-8-6-13(7-9-14)19(29)21(27)28)4-3-5-18-31-22-16-10-15(25)11-17(26)20(16)32-24(30)35(22)33-18;1-2/h6-12,19,21H,3-5,29H2,1-2H3,(H2,30,32);1-2H/t12-,19?;/m0./s1. The fourth-order valence-corrected chi connectivity index (χ4v) is 3.95. The molecule has 0 aliphatic heterocycles. The highest BCUT2D eigenvalue weighted by atomic mass is 19.3. The zero-order valence-electron chi connectivity index (χ0n) is 20.8. The summed E-state index contributed by atoms with van der Waals surface area (Å²) in [7, 11) is 1.66. The minimum Gasteiger partial charge on any atom is -0.368 e. The number of carbonyl (C=O) groups is 1. The molecule has 0 bridgehead atoms. The van der Waals surface area contributed by atoms with Crippen molar-refractivity contribution >= 4 is 28.4 Å². The number of rotatable bonds is 8. The van der Waals surface area contributed by atoms with Gasteiger partial charge in [0, 0.05) is 31.1 Å². The molecule has 1 unspecified atom stereocenters. The van der Waals surface area contributed by atoms with Crippen molar-refractivity contribution in [3.63, 3.8) is 0 Å². The average molecular weight is 530 g/mol. The third-order valence-corrected chi connectivity index (χ3v) is 6.18. The number of benzene rings is 2. The molecule has 8 nitrogen and oxygen atoms in total. The first-order chi connectivity index (χ1) is 18.1. The molecule has 2 aromatic carbocycles. The molecule has 0 saturated heterocycles. The third-order valence-electron chi connectivity index (χ3n) is 6.18. The summed E-state index contributed by atoms with van der Waals surface area (Å²) in [6.45, 7) is 1.89. The number of aromatic nitrogens is 4. The number of anilines is 1. The molecule has 2 aromatic heterocycles.